The van der Waals surface area contributed by atoms with Gasteiger partial charge in [-0.3, -0.25) is 4.79 Å². The second-order valence-electron chi connectivity index (χ2n) is 13.0. The molecule has 10 heteroatoms. The number of alkyl halides is 3. The maximum absolute atomic E-state index is 14.8. The topological polar surface area (TPSA) is 82.7 Å². The molecule has 2 heterocycles. The Morgan fingerprint density at radius 2 is 1.83 bits per heavy atom. The van der Waals surface area contributed by atoms with Crippen LogP contribution >= 0.6 is 0 Å². The Kier molecular flexibility index (Phi) is 6.98. The van der Waals surface area contributed by atoms with Crippen molar-refractivity contribution in [3.63, 3.8) is 0 Å². The summed E-state index contributed by atoms with van der Waals surface area (Å²) in [7, 11) is 0. The molecule has 2 bridgehead atoms. The second-order valence-corrected chi connectivity index (χ2v) is 13.0. The lowest BCUT2D eigenvalue weighted by Crippen LogP contribution is -2.52. The van der Waals surface area contributed by atoms with Crippen molar-refractivity contribution >= 4 is 17.3 Å². The summed E-state index contributed by atoms with van der Waals surface area (Å²) >= 11 is 0. The van der Waals surface area contributed by atoms with Gasteiger partial charge >= 0.3 is 5.92 Å². The number of carbonyl (C=O) groups excluding carboxylic acids is 1. The molecule has 0 radical (unpaired) electrons. The van der Waals surface area contributed by atoms with E-state index in [2.05, 4.69) is 15.0 Å². The summed E-state index contributed by atoms with van der Waals surface area (Å²) in [6, 6.07) is 7.97. The number of nitrogens with zero attached hydrogens (tertiary/aromatic N) is 4. The lowest BCUT2D eigenvalue weighted by Gasteiger charge is -2.53. The summed E-state index contributed by atoms with van der Waals surface area (Å²) in [5.41, 5.74) is 0.377. The molecule has 7 rings (SSSR count). The van der Waals surface area contributed by atoms with Crippen LogP contribution in [0.4, 0.5) is 24.5 Å². The monoisotopic (exact) mass is 572 g/mol. The Morgan fingerprint density at radius 1 is 1.17 bits per heavy atom. The molecule has 7 nitrogen and oxygen atoms in total. The summed E-state index contributed by atoms with van der Waals surface area (Å²) in [5, 5.41) is 13.9. The highest BCUT2D eigenvalue weighted by molar-refractivity contribution is 6.07. The van der Waals surface area contributed by atoms with Gasteiger partial charge in [-0.1, -0.05) is 18.1 Å². The van der Waals surface area contributed by atoms with E-state index in [0.717, 1.165) is 69.9 Å². The highest BCUT2D eigenvalue weighted by Crippen LogP contribution is 2.58. The number of carbonyl (C=O) groups is 1. The van der Waals surface area contributed by atoms with Crippen LogP contribution in [0.2, 0.25) is 0 Å². The van der Waals surface area contributed by atoms with Gasteiger partial charge in [0.05, 0.1) is 6.10 Å². The molecule has 1 aromatic heterocycles. The van der Waals surface area contributed by atoms with Gasteiger partial charge in [0, 0.05) is 55.3 Å². The predicted octanol–water partition coefficient (Wildman–Crippen LogP) is 6.22. The second kappa shape index (κ2) is 10.1. The molecule has 1 saturated heterocycles. The van der Waals surface area contributed by atoms with Crippen LogP contribution in [0.3, 0.4) is 0 Å². The fourth-order valence-electron chi connectivity index (χ4n) is 7.19. The lowest BCUT2D eigenvalue weighted by atomic mass is 9.53. The minimum absolute atomic E-state index is 0.126. The number of piperidine rings is 1. The number of aromatic nitrogens is 2. The number of anilines is 2. The van der Waals surface area contributed by atoms with Crippen molar-refractivity contribution in [3.8, 4) is 0 Å². The summed E-state index contributed by atoms with van der Waals surface area (Å²) < 4.78 is 47.3. The summed E-state index contributed by atoms with van der Waals surface area (Å²) in [6.07, 6.45) is 7.75. The van der Waals surface area contributed by atoms with E-state index in [1.54, 1.807) is 6.92 Å². The molecule has 1 unspecified atom stereocenters. The molecular weight excluding hydrogens is 533 g/mol. The molecule has 5 aliphatic rings. The number of amides is 1. The van der Waals surface area contributed by atoms with Crippen molar-refractivity contribution in [2.24, 2.45) is 5.41 Å². The van der Waals surface area contributed by atoms with Gasteiger partial charge in [-0.25, -0.2) is 4.39 Å². The molecule has 1 atom stereocenters. The molecule has 222 valence electrons. The minimum atomic E-state index is -3.18. The zero-order valence-electron chi connectivity index (χ0n) is 23.8. The van der Waals surface area contributed by atoms with Gasteiger partial charge in [-0.15, -0.1) is 0 Å². The van der Waals surface area contributed by atoms with Crippen molar-refractivity contribution < 1.29 is 27.6 Å². The highest BCUT2D eigenvalue weighted by Gasteiger charge is 2.53. The zero-order chi connectivity index (χ0) is 29.0. The molecular formula is C31H39F3N4O3. The standard InChI is InChI=1S/C31H39F3N4O3/c1-3-31(34)18-21(19-31)25(40)38(23-6-4-5-22(17-23)37-15-7-24(39)8-16-37)20-29-9-12-30(13-10-29,14-11-29)26-35-27(41-36-26)28(2,32)33/h4-6,17-18,24,39H,3,7-16,19-20H2,1-2H3. The number of allylic oxidation sites excluding steroid dienone is 1. The van der Waals surface area contributed by atoms with Gasteiger partial charge in [0.15, 0.2) is 5.82 Å². The van der Waals surface area contributed by atoms with Crippen LogP contribution in [0.15, 0.2) is 40.4 Å². The van der Waals surface area contributed by atoms with Gasteiger partial charge in [0.2, 0.25) is 0 Å². The number of rotatable bonds is 8. The van der Waals surface area contributed by atoms with Crippen LogP contribution in [0.1, 0.15) is 89.8 Å². The summed E-state index contributed by atoms with van der Waals surface area (Å²) in [4.78, 5) is 22.1. The number of aliphatic hydroxyl groups excluding tert-OH is 1. The van der Waals surface area contributed by atoms with Crippen molar-refractivity contribution in [2.75, 3.05) is 29.4 Å². The van der Waals surface area contributed by atoms with E-state index in [1.165, 1.54) is 6.08 Å². The summed E-state index contributed by atoms with van der Waals surface area (Å²) in [5.74, 6) is -3.60. The predicted molar refractivity (Wildman–Crippen MR) is 149 cm³/mol. The van der Waals surface area contributed by atoms with E-state index in [0.29, 0.717) is 37.2 Å². The highest BCUT2D eigenvalue weighted by atomic mass is 19.3. The largest absolute Gasteiger partial charge is 0.393 e. The van der Waals surface area contributed by atoms with Gasteiger partial charge in [-0.05, 0) is 87.5 Å². The van der Waals surface area contributed by atoms with Crippen molar-refractivity contribution in [1.82, 2.24) is 10.1 Å². The first kappa shape index (κ1) is 28.2. The SMILES string of the molecule is CCC1(F)C=C(C(=O)N(CC23CCC(c4noc(C(C)(F)F)n4)(CC2)CC3)c2cccc(N3CCC(O)CC3)c2)C1. The number of fused-ring (bicyclic) bond motifs is 3. The Bertz CT molecular complexity index is 1310. The molecule has 4 fully saturated rings. The van der Waals surface area contributed by atoms with Gasteiger partial charge in [-0.2, -0.15) is 13.8 Å². The Balaban J connectivity index is 1.25. The smallest absolute Gasteiger partial charge is 0.322 e. The third-order valence-electron chi connectivity index (χ3n) is 10.2. The van der Waals surface area contributed by atoms with Crippen molar-refractivity contribution in [3.05, 3.63) is 47.6 Å². The average Bonchev–Trinajstić information content (AvgIpc) is 3.48. The average molecular weight is 573 g/mol. The van der Waals surface area contributed by atoms with Crippen molar-refractivity contribution in [2.45, 2.75) is 101 Å². The first-order valence-corrected chi connectivity index (χ1v) is 14.9. The molecule has 1 amide bonds. The van der Waals surface area contributed by atoms with Gasteiger partial charge in [0.1, 0.15) is 5.67 Å². The Morgan fingerprint density at radius 3 is 2.41 bits per heavy atom. The fourth-order valence-corrected chi connectivity index (χ4v) is 7.19. The van der Waals surface area contributed by atoms with Crippen LogP contribution in [0.25, 0.3) is 0 Å². The van der Waals surface area contributed by atoms with Crippen LogP contribution in [0.5, 0.6) is 0 Å². The molecule has 0 spiro atoms. The van der Waals surface area contributed by atoms with Crippen LogP contribution in [-0.2, 0) is 16.1 Å². The van der Waals surface area contributed by atoms with Crippen LogP contribution < -0.4 is 9.80 Å². The first-order chi connectivity index (χ1) is 19.4. The maximum Gasteiger partial charge on any atom is 0.322 e. The number of aliphatic hydroxyl groups is 1. The van der Waals surface area contributed by atoms with Crippen LogP contribution in [-0.4, -0.2) is 52.6 Å². The number of hydrogen-bond donors (Lipinski definition) is 1. The minimum Gasteiger partial charge on any atom is -0.393 e. The van der Waals surface area contributed by atoms with Gasteiger partial charge in [0.25, 0.3) is 11.8 Å². The van der Waals surface area contributed by atoms with Gasteiger partial charge < -0.3 is 19.4 Å². The molecule has 1 aromatic carbocycles. The van der Waals surface area contributed by atoms with E-state index in [4.69, 9.17) is 4.52 Å². The molecule has 1 N–H and O–H groups in total. The first-order valence-electron chi connectivity index (χ1n) is 14.9. The Labute approximate surface area is 238 Å². The Hall–Kier alpha value is -2.88. The molecule has 3 saturated carbocycles. The molecule has 4 aliphatic carbocycles. The van der Waals surface area contributed by atoms with Crippen molar-refractivity contribution in [1.29, 1.82) is 0 Å². The maximum atomic E-state index is 14.8. The molecule has 1 aliphatic heterocycles. The number of halogens is 3. The van der Waals surface area contributed by atoms with Crippen LogP contribution in [0, 0.1) is 5.41 Å². The number of benzene rings is 1. The third kappa shape index (κ3) is 5.28. The lowest BCUT2D eigenvalue weighted by molar-refractivity contribution is -0.116. The van der Waals surface area contributed by atoms with E-state index in [9.17, 15) is 23.1 Å². The quantitative estimate of drug-likeness (QED) is 0.405. The van der Waals surface area contributed by atoms with E-state index >= 15 is 0 Å². The normalized spacial score (nSPS) is 30.2. The van der Waals surface area contributed by atoms with E-state index in [-0.39, 0.29) is 29.3 Å². The van der Waals surface area contributed by atoms with E-state index in [1.807, 2.05) is 29.2 Å². The zero-order valence-corrected chi connectivity index (χ0v) is 23.8. The fraction of sp³-hybridized carbons (Fsp3) is 0.645. The van der Waals surface area contributed by atoms with E-state index < -0.39 is 17.5 Å². The molecule has 41 heavy (non-hydrogen) atoms. The molecule has 2 aromatic rings. The number of hydrogen-bond acceptors (Lipinski definition) is 6. The third-order valence-corrected chi connectivity index (χ3v) is 10.2. The summed E-state index contributed by atoms with van der Waals surface area (Å²) in [6.45, 7) is 4.56.